The van der Waals surface area contributed by atoms with Gasteiger partial charge in [0, 0.05) is 52.1 Å². The Morgan fingerprint density at radius 1 is 1.20 bits per heavy atom. The van der Waals surface area contributed by atoms with Crippen molar-refractivity contribution in [2.45, 2.75) is 19.9 Å². The van der Waals surface area contributed by atoms with Crippen LogP contribution in [0.5, 0.6) is 0 Å². The number of rotatable bonds is 9. The number of hydrogen-bond acceptors (Lipinski definition) is 3. The predicted molar refractivity (Wildman–Crippen MR) is 113 cm³/mol. The second-order valence-electron chi connectivity index (χ2n) is 5.33. The van der Waals surface area contributed by atoms with E-state index in [1.165, 1.54) is 5.56 Å². The summed E-state index contributed by atoms with van der Waals surface area (Å²) in [7, 11) is 1.77. The second kappa shape index (κ2) is 12.7. The minimum atomic E-state index is 0. The molecular weight excluding hydrogens is 429 g/mol. The summed E-state index contributed by atoms with van der Waals surface area (Å²) in [4.78, 5) is 8.67. The Morgan fingerprint density at radius 2 is 1.96 bits per heavy atom. The van der Waals surface area contributed by atoms with Gasteiger partial charge in [-0.3, -0.25) is 4.99 Å². The highest BCUT2D eigenvalue weighted by molar-refractivity contribution is 14.0. The van der Waals surface area contributed by atoms with Crippen molar-refractivity contribution in [2.75, 3.05) is 33.4 Å². The van der Waals surface area contributed by atoms with Crippen LogP contribution in [0.15, 0.2) is 47.7 Å². The van der Waals surface area contributed by atoms with Crippen LogP contribution in [0.25, 0.3) is 0 Å². The molecule has 0 aliphatic heterocycles. The fourth-order valence-corrected chi connectivity index (χ4v) is 2.39. The van der Waals surface area contributed by atoms with Gasteiger partial charge in [0.15, 0.2) is 5.96 Å². The monoisotopic (exact) mass is 457 g/mol. The molecule has 0 unspecified atom stereocenters. The molecule has 0 atom stereocenters. The first kappa shape index (κ1) is 21.4. The zero-order valence-corrected chi connectivity index (χ0v) is 17.3. The Labute approximate surface area is 167 Å². The van der Waals surface area contributed by atoms with Gasteiger partial charge >= 0.3 is 0 Å². The lowest BCUT2D eigenvalue weighted by Gasteiger charge is -2.12. The molecule has 1 aromatic carbocycles. The number of hydrogen-bond donors (Lipinski definition) is 2. The van der Waals surface area contributed by atoms with E-state index in [0.717, 1.165) is 44.4 Å². The maximum atomic E-state index is 5.31. The molecular formula is C18H28IN5O. The predicted octanol–water partition coefficient (Wildman–Crippen LogP) is 2.29. The van der Waals surface area contributed by atoms with Crippen LogP contribution in [0, 0.1) is 0 Å². The van der Waals surface area contributed by atoms with Crippen molar-refractivity contribution < 1.29 is 4.74 Å². The number of nitrogens with zero attached hydrogens (tertiary/aromatic N) is 3. The van der Waals surface area contributed by atoms with Crippen LogP contribution < -0.4 is 10.6 Å². The van der Waals surface area contributed by atoms with Gasteiger partial charge < -0.3 is 19.9 Å². The fraction of sp³-hybridized carbons (Fsp3) is 0.444. The number of guanidine groups is 1. The van der Waals surface area contributed by atoms with Crippen molar-refractivity contribution in [1.82, 2.24) is 20.2 Å². The van der Waals surface area contributed by atoms with Crippen LogP contribution in [-0.2, 0) is 17.7 Å². The summed E-state index contributed by atoms with van der Waals surface area (Å²) in [5.74, 6) is 1.85. The number of benzene rings is 1. The van der Waals surface area contributed by atoms with Crippen LogP contribution in [0.4, 0.5) is 0 Å². The van der Waals surface area contributed by atoms with Crippen LogP contribution >= 0.6 is 24.0 Å². The standard InChI is InChI=1S/C18H27N5O.HI/c1-3-24-14-12-22-18(19-2)21-10-9-17-20-11-13-23(17)15-16-7-5-4-6-8-16;/h4-8,11,13H,3,9-10,12,14-15H2,1-2H3,(H2,19,21,22);1H. The number of imidazole rings is 1. The molecule has 7 heteroatoms. The molecule has 0 aliphatic carbocycles. The summed E-state index contributed by atoms with van der Waals surface area (Å²) in [5.41, 5.74) is 1.28. The SMILES string of the molecule is CCOCCNC(=NC)NCCc1nccn1Cc1ccccc1.I. The van der Waals surface area contributed by atoms with E-state index in [-0.39, 0.29) is 24.0 Å². The van der Waals surface area contributed by atoms with Gasteiger partial charge in [0.2, 0.25) is 0 Å². The minimum absolute atomic E-state index is 0. The molecule has 1 heterocycles. The van der Waals surface area contributed by atoms with Crippen molar-refractivity contribution in [3.63, 3.8) is 0 Å². The Balaban J connectivity index is 0.00000312. The molecule has 25 heavy (non-hydrogen) atoms. The van der Waals surface area contributed by atoms with Gasteiger partial charge in [0.25, 0.3) is 0 Å². The zero-order chi connectivity index (χ0) is 17.0. The summed E-state index contributed by atoms with van der Waals surface area (Å²) >= 11 is 0. The van der Waals surface area contributed by atoms with Gasteiger partial charge in [-0.1, -0.05) is 30.3 Å². The zero-order valence-electron chi connectivity index (χ0n) is 14.9. The number of halogens is 1. The van der Waals surface area contributed by atoms with E-state index in [4.69, 9.17) is 4.74 Å². The average Bonchev–Trinajstić information content (AvgIpc) is 3.05. The molecule has 0 radical (unpaired) electrons. The first-order valence-electron chi connectivity index (χ1n) is 8.39. The Morgan fingerprint density at radius 3 is 2.68 bits per heavy atom. The fourth-order valence-electron chi connectivity index (χ4n) is 2.39. The van der Waals surface area contributed by atoms with Gasteiger partial charge in [0.05, 0.1) is 6.61 Å². The third kappa shape index (κ3) is 7.87. The van der Waals surface area contributed by atoms with Gasteiger partial charge in [-0.15, -0.1) is 24.0 Å². The number of ether oxygens (including phenoxy) is 1. The highest BCUT2D eigenvalue weighted by Crippen LogP contribution is 2.05. The molecule has 0 amide bonds. The second-order valence-corrected chi connectivity index (χ2v) is 5.33. The summed E-state index contributed by atoms with van der Waals surface area (Å²) in [6.45, 7) is 5.77. The van der Waals surface area contributed by atoms with Crippen molar-refractivity contribution >= 4 is 29.9 Å². The van der Waals surface area contributed by atoms with Crippen molar-refractivity contribution in [3.05, 3.63) is 54.1 Å². The maximum Gasteiger partial charge on any atom is 0.191 e. The molecule has 2 rings (SSSR count). The molecule has 0 aliphatic rings. The Hall–Kier alpha value is -1.61. The lowest BCUT2D eigenvalue weighted by molar-refractivity contribution is 0.152. The lowest BCUT2D eigenvalue weighted by atomic mass is 10.2. The summed E-state index contributed by atoms with van der Waals surface area (Å²) in [6.07, 6.45) is 4.72. The molecule has 2 N–H and O–H groups in total. The summed E-state index contributed by atoms with van der Waals surface area (Å²) < 4.78 is 7.49. The quantitative estimate of drug-likeness (QED) is 0.263. The van der Waals surface area contributed by atoms with Crippen LogP contribution in [0.3, 0.4) is 0 Å². The Kier molecular flexibility index (Phi) is 10.9. The molecule has 0 fully saturated rings. The number of aromatic nitrogens is 2. The smallest absolute Gasteiger partial charge is 0.191 e. The van der Waals surface area contributed by atoms with Crippen molar-refractivity contribution in [1.29, 1.82) is 0 Å². The molecule has 0 spiro atoms. The third-order valence-electron chi connectivity index (χ3n) is 3.61. The first-order valence-corrected chi connectivity index (χ1v) is 8.39. The van der Waals surface area contributed by atoms with E-state index in [2.05, 4.69) is 49.4 Å². The third-order valence-corrected chi connectivity index (χ3v) is 3.61. The highest BCUT2D eigenvalue weighted by Gasteiger charge is 2.04. The molecule has 6 nitrogen and oxygen atoms in total. The van der Waals surface area contributed by atoms with Crippen LogP contribution in [0.1, 0.15) is 18.3 Å². The molecule has 2 aromatic rings. The molecule has 0 saturated heterocycles. The molecule has 138 valence electrons. The highest BCUT2D eigenvalue weighted by atomic mass is 127. The topological polar surface area (TPSA) is 63.5 Å². The minimum Gasteiger partial charge on any atom is -0.380 e. The first-order chi connectivity index (χ1) is 11.8. The molecule has 0 bridgehead atoms. The summed E-state index contributed by atoms with van der Waals surface area (Å²) in [6, 6.07) is 10.4. The number of aliphatic imine (C=N–C) groups is 1. The van der Waals surface area contributed by atoms with E-state index in [1.54, 1.807) is 7.05 Å². The van der Waals surface area contributed by atoms with E-state index in [9.17, 15) is 0 Å². The van der Waals surface area contributed by atoms with E-state index >= 15 is 0 Å². The van der Waals surface area contributed by atoms with Crippen molar-refractivity contribution in [2.24, 2.45) is 4.99 Å². The van der Waals surface area contributed by atoms with E-state index in [0.29, 0.717) is 6.61 Å². The van der Waals surface area contributed by atoms with Crippen LogP contribution in [-0.4, -0.2) is 48.9 Å². The van der Waals surface area contributed by atoms with Gasteiger partial charge in [0.1, 0.15) is 5.82 Å². The van der Waals surface area contributed by atoms with Crippen LogP contribution in [0.2, 0.25) is 0 Å². The largest absolute Gasteiger partial charge is 0.380 e. The van der Waals surface area contributed by atoms with E-state index in [1.807, 2.05) is 25.4 Å². The average molecular weight is 457 g/mol. The number of nitrogens with one attached hydrogen (secondary N) is 2. The summed E-state index contributed by atoms with van der Waals surface area (Å²) in [5, 5.41) is 6.53. The molecule has 0 saturated carbocycles. The van der Waals surface area contributed by atoms with Gasteiger partial charge in [-0.05, 0) is 12.5 Å². The van der Waals surface area contributed by atoms with Gasteiger partial charge in [-0.2, -0.15) is 0 Å². The normalized spacial score (nSPS) is 11.0. The van der Waals surface area contributed by atoms with E-state index < -0.39 is 0 Å². The maximum absolute atomic E-state index is 5.31. The molecule has 1 aromatic heterocycles. The Bertz CT molecular complexity index is 615. The lowest BCUT2D eigenvalue weighted by Crippen LogP contribution is -2.40. The van der Waals surface area contributed by atoms with Gasteiger partial charge in [-0.25, -0.2) is 4.98 Å². The van der Waals surface area contributed by atoms with Crippen molar-refractivity contribution in [3.8, 4) is 0 Å².